The summed E-state index contributed by atoms with van der Waals surface area (Å²) in [5, 5.41) is 2.92. The first-order chi connectivity index (χ1) is 2.89. The standard InChI is InChI=1S/C4H2BrS.BrH.Mg/c5-4-2-1-3-6-4;;/h1-2H;1H;/q-1;;+2/p-1. The summed E-state index contributed by atoms with van der Waals surface area (Å²) < 4.78 is 1.14. The Bertz CT molecular complexity index is 118. The van der Waals surface area contributed by atoms with Crippen molar-refractivity contribution in [2.45, 2.75) is 0 Å². The maximum atomic E-state index is 3.27. The molecule has 1 aromatic rings. The molecule has 0 bridgehead atoms. The van der Waals surface area contributed by atoms with Crippen LogP contribution in [0.1, 0.15) is 0 Å². The topological polar surface area (TPSA) is 0 Å². The minimum Gasteiger partial charge on any atom is -1.00 e. The van der Waals surface area contributed by atoms with Gasteiger partial charge in [0, 0.05) is 0 Å². The number of hydrogen-bond acceptors (Lipinski definition) is 1. The van der Waals surface area contributed by atoms with Crippen LogP contribution in [0.2, 0.25) is 0 Å². The zero-order chi connectivity index (χ0) is 4.41. The minimum atomic E-state index is 0. The van der Waals surface area contributed by atoms with E-state index in [1.807, 2.05) is 12.1 Å². The molecule has 0 aliphatic carbocycles. The molecule has 1 rings (SSSR count). The molecule has 0 saturated carbocycles. The Morgan fingerprint density at radius 3 is 2.38 bits per heavy atom. The number of thiophene rings is 1. The summed E-state index contributed by atoms with van der Waals surface area (Å²) >= 11 is 4.84. The molecule has 0 aliphatic rings. The van der Waals surface area contributed by atoms with E-state index in [2.05, 4.69) is 21.3 Å². The largest absolute Gasteiger partial charge is 2.00 e. The Hall–Kier alpha value is 1.43. The summed E-state index contributed by atoms with van der Waals surface area (Å²) in [5.74, 6) is 0. The SMILES string of the molecule is Brc1cc[c-]s1.[Br-].[Mg+2]. The van der Waals surface area contributed by atoms with Crippen molar-refractivity contribution in [1.82, 2.24) is 0 Å². The van der Waals surface area contributed by atoms with Gasteiger partial charge in [0.1, 0.15) is 0 Å². The summed E-state index contributed by atoms with van der Waals surface area (Å²) in [6.07, 6.45) is 0. The Morgan fingerprint density at radius 2 is 2.25 bits per heavy atom. The van der Waals surface area contributed by atoms with Gasteiger partial charge in [-0.25, -0.2) is 0 Å². The predicted octanol–water partition coefficient (Wildman–Crippen LogP) is -1.07. The van der Waals surface area contributed by atoms with Crippen molar-refractivity contribution < 1.29 is 17.0 Å². The zero-order valence-electron chi connectivity index (χ0n) is 4.03. The van der Waals surface area contributed by atoms with Crippen LogP contribution in [-0.4, -0.2) is 23.1 Å². The molecule has 0 radical (unpaired) electrons. The maximum absolute atomic E-state index is 3.27. The number of rotatable bonds is 0. The summed E-state index contributed by atoms with van der Waals surface area (Å²) in [4.78, 5) is 0. The van der Waals surface area contributed by atoms with Crippen LogP contribution in [0.3, 0.4) is 0 Å². The van der Waals surface area contributed by atoms with Crippen molar-refractivity contribution in [3.05, 3.63) is 21.3 Å². The molecule has 0 unspecified atom stereocenters. The first kappa shape index (κ1) is 12.1. The van der Waals surface area contributed by atoms with Gasteiger partial charge in [-0.15, -0.1) is 21.3 Å². The molecule has 0 amide bonds. The number of halogens is 2. The average molecular weight is 266 g/mol. The van der Waals surface area contributed by atoms with Crippen LogP contribution in [0.5, 0.6) is 0 Å². The fourth-order valence-corrected chi connectivity index (χ4v) is 1.02. The van der Waals surface area contributed by atoms with Gasteiger partial charge in [0.05, 0.1) is 0 Å². The normalized spacial score (nSPS) is 6.62. The quantitative estimate of drug-likeness (QED) is 0.414. The second-order valence-corrected chi connectivity index (χ2v) is 3.12. The molecule has 0 atom stereocenters. The molecule has 40 valence electrons. The molecule has 0 N–H and O–H groups in total. The molecule has 4 heteroatoms. The Morgan fingerprint density at radius 1 is 1.62 bits per heavy atom. The molecule has 1 aromatic heterocycles. The van der Waals surface area contributed by atoms with Gasteiger partial charge in [0.15, 0.2) is 0 Å². The average Bonchev–Trinajstić information content (AvgIpc) is 1.86. The van der Waals surface area contributed by atoms with E-state index in [1.54, 1.807) is 11.3 Å². The van der Waals surface area contributed by atoms with Gasteiger partial charge in [-0.2, -0.15) is 12.1 Å². The Balaban J connectivity index is 0. The molecule has 0 nitrogen and oxygen atoms in total. The van der Waals surface area contributed by atoms with Crippen LogP contribution < -0.4 is 17.0 Å². The van der Waals surface area contributed by atoms with E-state index in [-0.39, 0.29) is 40.0 Å². The van der Waals surface area contributed by atoms with Crippen molar-refractivity contribution in [3.8, 4) is 0 Å². The van der Waals surface area contributed by atoms with Crippen LogP contribution in [0.15, 0.2) is 15.9 Å². The van der Waals surface area contributed by atoms with E-state index >= 15 is 0 Å². The van der Waals surface area contributed by atoms with Gasteiger partial charge >= 0.3 is 23.1 Å². The summed E-state index contributed by atoms with van der Waals surface area (Å²) in [6.45, 7) is 0. The predicted molar refractivity (Wildman–Crippen MR) is 36.6 cm³/mol. The fourth-order valence-electron chi connectivity index (χ4n) is 0.224. The maximum Gasteiger partial charge on any atom is 2.00 e. The first-order valence-electron chi connectivity index (χ1n) is 1.51. The van der Waals surface area contributed by atoms with Crippen molar-refractivity contribution in [2.75, 3.05) is 0 Å². The number of hydrogen-bond donors (Lipinski definition) is 0. The van der Waals surface area contributed by atoms with Crippen LogP contribution in [0.4, 0.5) is 0 Å². The minimum absolute atomic E-state index is 0. The second kappa shape index (κ2) is 6.54. The first-order valence-corrected chi connectivity index (χ1v) is 3.12. The molecule has 0 aromatic carbocycles. The molecular formula is C4H2Br2MgS. The molecule has 0 aliphatic heterocycles. The van der Waals surface area contributed by atoms with Gasteiger partial charge in [-0.05, 0) is 0 Å². The summed E-state index contributed by atoms with van der Waals surface area (Å²) in [6, 6.07) is 3.85. The van der Waals surface area contributed by atoms with Gasteiger partial charge in [-0.1, -0.05) is 3.79 Å². The van der Waals surface area contributed by atoms with Crippen LogP contribution >= 0.6 is 27.3 Å². The van der Waals surface area contributed by atoms with Gasteiger partial charge in [0.2, 0.25) is 0 Å². The monoisotopic (exact) mass is 264 g/mol. The van der Waals surface area contributed by atoms with E-state index in [4.69, 9.17) is 0 Å². The van der Waals surface area contributed by atoms with E-state index in [9.17, 15) is 0 Å². The van der Waals surface area contributed by atoms with Gasteiger partial charge in [0.25, 0.3) is 0 Å². The van der Waals surface area contributed by atoms with Crippen LogP contribution in [0.25, 0.3) is 0 Å². The van der Waals surface area contributed by atoms with Crippen molar-refractivity contribution in [2.24, 2.45) is 0 Å². The second-order valence-electron chi connectivity index (χ2n) is 0.857. The van der Waals surface area contributed by atoms with Crippen molar-refractivity contribution in [3.63, 3.8) is 0 Å². The van der Waals surface area contributed by atoms with E-state index in [1.165, 1.54) is 0 Å². The Labute approximate surface area is 87.7 Å². The van der Waals surface area contributed by atoms with E-state index < -0.39 is 0 Å². The molecule has 0 spiro atoms. The van der Waals surface area contributed by atoms with E-state index in [0.29, 0.717) is 0 Å². The van der Waals surface area contributed by atoms with Crippen molar-refractivity contribution >= 4 is 50.3 Å². The molecule has 1 heterocycles. The summed E-state index contributed by atoms with van der Waals surface area (Å²) in [5.41, 5.74) is 0. The Kier molecular flexibility index (Phi) is 9.93. The van der Waals surface area contributed by atoms with Crippen LogP contribution in [0, 0.1) is 5.38 Å². The van der Waals surface area contributed by atoms with Gasteiger partial charge < -0.3 is 17.0 Å². The molecule has 0 fully saturated rings. The summed E-state index contributed by atoms with van der Waals surface area (Å²) in [7, 11) is 0. The molecule has 8 heavy (non-hydrogen) atoms. The fraction of sp³-hybridized carbons (Fsp3) is 0. The van der Waals surface area contributed by atoms with Crippen molar-refractivity contribution in [1.29, 1.82) is 0 Å². The third kappa shape index (κ3) is 4.32. The smallest absolute Gasteiger partial charge is 1.00 e. The van der Waals surface area contributed by atoms with Crippen LogP contribution in [-0.2, 0) is 0 Å². The molecule has 0 saturated heterocycles. The third-order valence-electron chi connectivity index (χ3n) is 0.439. The molecular weight excluding hydrogens is 264 g/mol. The van der Waals surface area contributed by atoms with Gasteiger partial charge in [-0.3, -0.25) is 11.3 Å². The third-order valence-corrected chi connectivity index (χ3v) is 1.77. The zero-order valence-corrected chi connectivity index (χ0v) is 9.43. The van der Waals surface area contributed by atoms with E-state index in [0.717, 1.165) is 3.79 Å².